The summed E-state index contributed by atoms with van der Waals surface area (Å²) < 4.78 is 2.65. The molecule has 0 spiro atoms. The fraction of sp³-hybridized carbons (Fsp3) is 0.381. The van der Waals surface area contributed by atoms with Gasteiger partial charge in [0.1, 0.15) is 4.32 Å². The maximum atomic E-state index is 12.4. The number of thiocarbonyl (C=S) groups is 1. The number of benzene rings is 1. The van der Waals surface area contributed by atoms with Crippen molar-refractivity contribution in [2.24, 2.45) is 5.92 Å². The smallest absolute Gasteiger partial charge is 0.250 e. The number of halogens is 1. The predicted molar refractivity (Wildman–Crippen MR) is 123 cm³/mol. The molecule has 2 aliphatic rings. The first-order chi connectivity index (χ1) is 13.9. The van der Waals surface area contributed by atoms with Crippen molar-refractivity contribution in [1.82, 2.24) is 9.47 Å². The van der Waals surface area contributed by atoms with Crippen molar-refractivity contribution in [3.63, 3.8) is 0 Å². The van der Waals surface area contributed by atoms with Crippen LogP contribution in [0.15, 0.2) is 41.2 Å². The van der Waals surface area contributed by atoms with Gasteiger partial charge in [0, 0.05) is 48.0 Å². The van der Waals surface area contributed by atoms with E-state index in [1.165, 1.54) is 11.8 Å². The molecule has 1 aromatic heterocycles. The molecule has 4 rings (SSSR count). The fourth-order valence-corrected chi connectivity index (χ4v) is 5.35. The number of piperidine rings is 1. The third-order valence-corrected chi connectivity index (χ3v) is 7.54. The van der Waals surface area contributed by atoms with Crippen LogP contribution in [0.25, 0.3) is 0 Å². The molecule has 1 N–H and O–H groups in total. The van der Waals surface area contributed by atoms with Crippen LogP contribution in [0.3, 0.4) is 0 Å². The molecule has 2 aromatic rings. The largest absolute Gasteiger partial charge is 0.356 e. The highest BCUT2D eigenvalue weighted by atomic mass is 35.5. The number of carbonyl (C=O) groups excluding carboxylic acids is 1. The molecule has 29 heavy (non-hydrogen) atoms. The number of aromatic nitrogens is 1. The van der Waals surface area contributed by atoms with Crippen LogP contribution in [-0.4, -0.2) is 38.5 Å². The molecule has 0 unspecified atom stereocenters. The highest BCUT2D eigenvalue weighted by Gasteiger charge is 2.35. The molecule has 8 heteroatoms. The molecular formula is C21H22ClN3O2S2. The number of carbonyl (C=O) groups is 1. The van der Waals surface area contributed by atoms with Crippen LogP contribution in [0.1, 0.15) is 23.6 Å². The van der Waals surface area contributed by atoms with E-state index in [0.717, 1.165) is 47.3 Å². The number of rotatable bonds is 3. The van der Waals surface area contributed by atoms with Gasteiger partial charge in [0.15, 0.2) is 0 Å². The molecule has 2 aliphatic heterocycles. The van der Waals surface area contributed by atoms with Crippen LogP contribution in [0.5, 0.6) is 0 Å². The molecule has 0 radical (unpaired) electrons. The average Bonchev–Trinajstić information content (AvgIpc) is 2.70. The predicted octanol–water partition coefficient (Wildman–Crippen LogP) is 3.89. The maximum Gasteiger partial charge on any atom is 0.250 e. The first-order valence-electron chi connectivity index (χ1n) is 9.59. The number of anilines is 1. The molecule has 2 bridgehead atoms. The molecule has 1 amide bonds. The molecule has 2 atom stereocenters. The third-order valence-electron chi connectivity index (χ3n) is 5.61. The summed E-state index contributed by atoms with van der Waals surface area (Å²) in [7, 11) is 0. The highest BCUT2D eigenvalue weighted by molar-refractivity contribution is 8.23. The van der Waals surface area contributed by atoms with E-state index in [-0.39, 0.29) is 17.2 Å². The molecule has 5 nitrogen and oxygen atoms in total. The summed E-state index contributed by atoms with van der Waals surface area (Å²) in [6.07, 6.45) is 1.09. The van der Waals surface area contributed by atoms with E-state index in [1.807, 2.05) is 35.8 Å². The van der Waals surface area contributed by atoms with Gasteiger partial charge in [-0.15, -0.1) is 0 Å². The van der Waals surface area contributed by atoms with Crippen molar-refractivity contribution < 1.29 is 4.79 Å². The van der Waals surface area contributed by atoms with Gasteiger partial charge in [0.25, 0.3) is 5.56 Å². The van der Waals surface area contributed by atoms with Crippen LogP contribution in [0.2, 0.25) is 5.02 Å². The van der Waals surface area contributed by atoms with Crippen LogP contribution >= 0.6 is 35.6 Å². The summed E-state index contributed by atoms with van der Waals surface area (Å²) in [5.74, 6) is 0.865. The second kappa shape index (κ2) is 8.50. The van der Waals surface area contributed by atoms with Gasteiger partial charge in [-0.25, -0.2) is 0 Å². The molecule has 152 valence electrons. The Morgan fingerprint density at radius 3 is 2.86 bits per heavy atom. The Morgan fingerprint density at radius 1 is 1.24 bits per heavy atom. The molecule has 0 aliphatic carbocycles. The van der Waals surface area contributed by atoms with Crippen molar-refractivity contribution in [3.05, 3.63) is 63.0 Å². The SMILES string of the molecule is Cc1c(Cl)cccc1NC(=O)CSC(=S)N1C[C@@H]2C[C@H](C1)c1cccc(=O)n1C2. The topological polar surface area (TPSA) is 54.3 Å². The Balaban J connectivity index is 1.36. The van der Waals surface area contributed by atoms with Gasteiger partial charge in [-0.3, -0.25) is 9.59 Å². The number of thioether (sulfide) groups is 1. The zero-order valence-electron chi connectivity index (χ0n) is 16.1. The molecule has 1 saturated heterocycles. The number of nitrogens with zero attached hydrogens (tertiary/aromatic N) is 2. The lowest BCUT2D eigenvalue weighted by atomic mass is 9.83. The monoisotopic (exact) mass is 447 g/mol. The number of fused-ring (bicyclic) bond motifs is 4. The fourth-order valence-electron chi connectivity index (χ4n) is 4.19. The second-order valence-corrected chi connectivity index (χ2v) is 9.63. The number of likely N-dealkylation sites (tertiary alicyclic amines) is 1. The molecule has 1 fully saturated rings. The standard InChI is InChI=1S/C21H22ClN3O2S2/c1-13-16(22)4-2-5-17(13)23-19(26)12-29-21(28)24-9-14-8-15(11-24)18-6-3-7-20(27)25(18)10-14/h2-7,14-15H,8-12H2,1H3,(H,23,26)/t14-,15+/m0/s1. The quantitative estimate of drug-likeness (QED) is 0.723. The van der Waals surface area contributed by atoms with E-state index < -0.39 is 0 Å². The maximum absolute atomic E-state index is 12.4. The Hall–Kier alpha value is -1.83. The average molecular weight is 448 g/mol. The molecule has 1 aromatic carbocycles. The van der Waals surface area contributed by atoms with Gasteiger partial charge in [-0.2, -0.15) is 0 Å². The third kappa shape index (κ3) is 4.37. The zero-order chi connectivity index (χ0) is 20.5. The van der Waals surface area contributed by atoms with Crippen molar-refractivity contribution >= 4 is 51.5 Å². The minimum atomic E-state index is -0.100. The van der Waals surface area contributed by atoms with Crippen LogP contribution in [-0.2, 0) is 11.3 Å². The molecule has 0 saturated carbocycles. The Kier molecular flexibility index (Phi) is 5.99. The van der Waals surface area contributed by atoms with Gasteiger partial charge >= 0.3 is 0 Å². The summed E-state index contributed by atoms with van der Waals surface area (Å²) in [6.45, 7) is 4.24. The minimum absolute atomic E-state index is 0.0792. The first-order valence-corrected chi connectivity index (χ1v) is 11.4. The minimum Gasteiger partial charge on any atom is -0.356 e. The number of nitrogens with one attached hydrogen (secondary N) is 1. The van der Waals surface area contributed by atoms with E-state index in [2.05, 4.69) is 10.2 Å². The lowest BCUT2D eigenvalue weighted by Gasteiger charge is -2.43. The van der Waals surface area contributed by atoms with E-state index >= 15 is 0 Å². The molecule has 3 heterocycles. The van der Waals surface area contributed by atoms with Crippen molar-refractivity contribution in [2.75, 3.05) is 24.2 Å². The Labute approximate surface area is 184 Å². The van der Waals surface area contributed by atoms with E-state index in [1.54, 1.807) is 12.1 Å². The summed E-state index contributed by atoms with van der Waals surface area (Å²) >= 11 is 13.1. The summed E-state index contributed by atoms with van der Waals surface area (Å²) in [5.41, 5.74) is 2.76. The van der Waals surface area contributed by atoms with Crippen LogP contribution in [0, 0.1) is 12.8 Å². The zero-order valence-corrected chi connectivity index (χ0v) is 18.4. The summed E-state index contributed by atoms with van der Waals surface area (Å²) in [6, 6.07) is 11.0. The summed E-state index contributed by atoms with van der Waals surface area (Å²) in [5, 5.41) is 3.54. The normalized spacial score (nSPS) is 20.1. The Morgan fingerprint density at radius 2 is 2.03 bits per heavy atom. The second-order valence-electron chi connectivity index (χ2n) is 7.62. The highest BCUT2D eigenvalue weighted by Crippen LogP contribution is 2.36. The van der Waals surface area contributed by atoms with Gasteiger partial charge in [0.05, 0.1) is 5.75 Å². The van der Waals surface area contributed by atoms with Gasteiger partial charge in [0.2, 0.25) is 5.91 Å². The van der Waals surface area contributed by atoms with E-state index in [4.69, 9.17) is 23.8 Å². The number of pyridine rings is 1. The number of hydrogen-bond acceptors (Lipinski definition) is 4. The molecular weight excluding hydrogens is 426 g/mol. The van der Waals surface area contributed by atoms with Gasteiger partial charge < -0.3 is 14.8 Å². The van der Waals surface area contributed by atoms with Crippen molar-refractivity contribution in [3.8, 4) is 0 Å². The van der Waals surface area contributed by atoms with Crippen molar-refractivity contribution in [1.29, 1.82) is 0 Å². The number of hydrogen-bond donors (Lipinski definition) is 1. The number of amides is 1. The first kappa shape index (κ1) is 20.4. The van der Waals surface area contributed by atoms with Crippen LogP contribution < -0.4 is 10.9 Å². The van der Waals surface area contributed by atoms with E-state index in [9.17, 15) is 9.59 Å². The van der Waals surface area contributed by atoms with E-state index in [0.29, 0.717) is 16.9 Å². The van der Waals surface area contributed by atoms with Crippen LogP contribution in [0.4, 0.5) is 5.69 Å². The lowest BCUT2D eigenvalue weighted by molar-refractivity contribution is -0.113. The lowest BCUT2D eigenvalue weighted by Crippen LogP contribution is -2.48. The van der Waals surface area contributed by atoms with Gasteiger partial charge in [-0.05, 0) is 43.0 Å². The summed E-state index contributed by atoms with van der Waals surface area (Å²) in [4.78, 5) is 26.7. The van der Waals surface area contributed by atoms with Gasteiger partial charge in [-0.1, -0.05) is 47.7 Å². The van der Waals surface area contributed by atoms with Crippen molar-refractivity contribution in [2.45, 2.75) is 25.8 Å². The Bertz CT molecular complexity index is 1020.